The van der Waals surface area contributed by atoms with Crippen LogP contribution < -0.4 is 5.32 Å². The van der Waals surface area contributed by atoms with E-state index < -0.39 is 5.97 Å². The van der Waals surface area contributed by atoms with Crippen molar-refractivity contribution in [3.05, 3.63) is 77.1 Å². The van der Waals surface area contributed by atoms with Gasteiger partial charge in [-0.25, -0.2) is 9.18 Å². The van der Waals surface area contributed by atoms with Crippen LogP contribution in [0.4, 0.5) is 4.39 Å². The van der Waals surface area contributed by atoms with Crippen molar-refractivity contribution in [1.29, 1.82) is 0 Å². The largest absolute Gasteiger partial charge is 0.478 e. The number of carbonyl (C=O) groups excluding carboxylic acids is 1. The summed E-state index contributed by atoms with van der Waals surface area (Å²) in [4.78, 5) is 22.4. The van der Waals surface area contributed by atoms with Gasteiger partial charge in [0.15, 0.2) is 0 Å². The lowest BCUT2D eigenvalue weighted by Gasteiger charge is -2.03. The number of aromatic carboxylic acids is 1. The molecule has 0 radical (unpaired) electrons. The van der Waals surface area contributed by atoms with Crippen LogP contribution >= 0.6 is 0 Å². The van der Waals surface area contributed by atoms with E-state index in [0.29, 0.717) is 6.54 Å². The Morgan fingerprint density at radius 3 is 2.27 bits per heavy atom. The maximum atomic E-state index is 12.7. The third kappa shape index (κ3) is 4.56. The zero-order valence-corrected chi connectivity index (χ0v) is 11.6. The number of nitrogens with one attached hydrogen (secondary N) is 1. The van der Waals surface area contributed by atoms with E-state index in [1.165, 1.54) is 30.3 Å². The van der Waals surface area contributed by atoms with Gasteiger partial charge in [-0.3, -0.25) is 4.79 Å². The molecule has 2 N–H and O–H groups in total. The highest BCUT2D eigenvalue weighted by Crippen LogP contribution is 2.05. The van der Waals surface area contributed by atoms with Crippen molar-refractivity contribution in [2.24, 2.45) is 0 Å². The maximum Gasteiger partial charge on any atom is 0.335 e. The second-order valence-corrected chi connectivity index (χ2v) is 4.60. The van der Waals surface area contributed by atoms with Gasteiger partial charge < -0.3 is 10.4 Å². The van der Waals surface area contributed by atoms with Gasteiger partial charge in [0.05, 0.1) is 5.56 Å². The molecule has 2 aromatic rings. The first-order valence-corrected chi connectivity index (χ1v) is 6.58. The lowest BCUT2D eigenvalue weighted by molar-refractivity contribution is -0.116. The summed E-state index contributed by atoms with van der Waals surface area (Å²) in [5.74, 6) is -1.60. The molecule has 0 aliphatic rings. The molecule has 112 valence electrons. The minimum Gasteiger partial charge on any atom is -0.478 e. The van der Waals surface area contributed by atoms with Gasteiger partial charge in [0.1, 0.15) is 5.82 Å². The summed E-state index contributed by atoms with van der Waals surface area (Å²) in [5.41, 5.74) is 1.72. The highest BCUT2D eigenvalue weighted by Gasteiger charge is 2.02. The molecular weight excluding hydrogens is 285 g/mol. The van der Waals surface area contributed by atoms with E-state index in [0.717, 1.165) is 11.1 Å². The van der Waals surface area contributed by atoms with Gasteiger partial charge in [-0.2, -0.15) is 0 Å². The lowest BCUT2D eigenvalue weighted by atomic mass is 10.1. The molecule has 2 rings (SSSR count). The minimum atomic E-state index is -0.988. The quantitative estimate of drug-likeness (QED) is 0.834. The molecule has 22 heavy (non-hydrogen) atoms. The van der Waals surface area contributed by atoms with E-state index in [1.54, 1.807) is 30.3 Å². The number of hydrogen-bond acceptors (Lipinski definition) is 2. The summed E-state index contributed by atoms with van der Waals surface area (Å²) in [5, 5.41) is 11.5. The van der Waals surface area contributed by atoms with Crippen LogP contribution in [0, 0.1) is 5.82 Å². The van der Waals surface area contributed by atoms with Crippen LogP contribution in [-0.2, 0) is 11.3 Å². The van der Waals surface area contributed by atoms with Crippen LogP contribution in [0.1, 0.15) is 21.5 Å². The zero-order chi connectivity index (χ0) is 15.9. The summed E-state index contributed by atoms with van der Waals surface area (Å²) >= 11 is 0. The van der Waals surface area contributed by atoms with Gasteiger partial charge in [0.25, 0.3) is 0 Å². The van der Waals surface area contributed by atoms with Crippen LogP contribution in [-0.4, -0.2) is 17.0 Å². The van der Waals surface area contributed by atoms with Crippen LogP contribution in [0.3, 0.4) is 0 Å². The van der Waals surface area contributed by atoms with Crippen molar-refractivity contribution < 1.29 is 19.1 Å². The van der Waals surface area contributed by atoms with E-state index in [-0.39, 0.29) is 17.3 Å². The molecule has 0 saturated carbocycles. The normalized spacial score (nSPS) is 10.6. The molecule has 0 aromatic heterocycles. The van der Waals surface area contributed by atoms with Gasteiger partial charge >= 0.3 is 5.97 Å². The van der Waals surface area contributed by atoms with Gasteiger partial charge in [-0.15, -0.1) is 0 Å². The zero-order valence-electron chi connectivity index (χ0n) is 11.6. The maximum absolute atomic E-state index is 12.7. The first-order valence-electron chi connectivity index (χ1n) is 6.58. The molecule has 0 spiro atoms. The van der Waals surface area contributed by atoms with Crippen LogP contribution in [0.25, 0.3) is 6.08 Å². The van der Waals surface area contributed by atoms with Crippen molar-refractivity contribution >= 4 is 18.0 Å². The second kappa shape index (κ2) is 7.17. The van der Waals surface area contributed by atoms with Crippen molar-refractivity contribution in [1.82, 2.24) is 5.32 Å². The minimum absolute atomic E-state index is 0.200. The number of hydrogen-bond donors (Lipinski definition) is 2. The molecule has 0 aliphatic carbocycles. The highest BCUT2D eigenvalue weighted by atomic mass is 19.1. The van der Waals surface area contributed by atoms with Gasteiger partial charge in [0, 0.05) is 12.6 Å². The molecule has 4 nitrogen and oxygen atoms in total. The van der Waals surface area contributed by atoms with Crippen LogP contribution in [0.2, 0.25) is 0 Å². The molecule has 0 unspecified atom stereocenters. The Bertz CT molecular complexity index is 691. The molecule has 0 atom stereocenters. The summed E-state index contributed by atoms with van der Waals surface area (Å²) in [7, 11) is 0. The Labute approximate surface area is 126 Å². The number of rotatable bonds is 5. The standard InChI is InChI=1S/C17H14FNO3/c18-15-8-3-12(4-9-15)5-10-16(20)19-11-13-1-6-14(7-2-13)17(21)22/h1-10H,11H2,(H,19,20)(H,21,22). The predicted octanol–water partition coefficient (Wildman–Crippen LogP) is 2.85. The lowest BCUT2D eigenvalue weighted by Crippen LogP contribution is -2.20. The fourth-order valence-corrected chi connectivity index (χ4v) is 1.76. The monoisotopic (exact) mass is 299 g/mol. The third-order valence-corrected chi connectivity index (χ3v) is 2.96. The molecule has 2 aromatic carbocycles. The van der Waals surface area contributed by atoms with Crippen molar-refractivity contribution in [2.45, 2.75) is 6.54 Å². The Balaban J connectivity index is 1.87. The number of carboxylic acid groups (broad SMARTS) is 1. The first kappa shape index (κ1) is 15.4. The predicted molar refractivity (Wildman–Crippen MR) is 80.7 cm³/mol. The highest BCUT2D eigenvalue weighted by molar-refractivity contribution is 5.91. The van der Waals surface area contributed by atoms with E-state index in [2.05, 4.69) is 5.32 Å². The van der Waals surface area contributed by atoms with E-state index >= 15 is 0 Å². The molecule has 1 amide bonds. The molecule has 0 aliphatic heterocycles. The van der Waals surface area contributed by atoms with Gasteiger partial charge in [-0.05, 0) is 41.5 Å². The summed E-state index contributed by atoms with van der Waals surface area (Å²) in [6.45, 7) is 0.298. The average Bonchev–Trinajstić information content (AvgIpc) is 2.52. The van der Waals surface area contributed by atoms with Gasteiger partial charge in [-0.1, -0.05) is 24.3 Å². The fraction of sp³-hybridized carbons (Fsp3) is 0.0588. The third-order valence-electron chi connectivity index (χ3n) is 2.96. The average molecular weight is 299 g/mol. The van der Waals surface area contributed by atoms with E-state index in [4.69, 9.17) is 5.11 Å². The number of carbonyl (C=O) groups is 2. The summed E-state index contributed by atoms with van der Waals surface area (Å²) in [6.07, 6.45) is 2.95. The van der Waals surface area contributed by atoms with E-state index in [1.807, 2.05) is 0 Å². The van der Waals surface area contributed by atoms with Crippen LogP contribution in [0.5, 0.6) is 0 Å². The fourth-order valence-electron chi connectivity index (χ4n) is 1.76. The number of benzene rings is 2. The summed E-state index contributed by atoms with van der Waals surface area (Å²) < 4.78 is 12.7. The van der Waals surface area contributed by atoms with Gasteiger partial charge in [0.2, 0.25) is 5.91 Å². The Hall–Kier alpha value is -2.95. The topological polar surface area (TPSA) is 66.4 Å². The van der Waals surface area contributed by atoms with E-state index in [9.17, 15) is 14.0 Å². The van der Waals surface area contributed by atoms with Crippen molar-refractivity contribution in [3.63, 3.8) is 0 Å². The van der Waals surface area contributed by atoms with Crippen LogP contribution in [0.15, 0.2) is 54.6 Å². The molecule has 0 fully saturated rings. The molecular formula is C17H14FNO3. The number of amides is 1. The molecule has 0 bridgehead atoms. The Morgan fingerprint density at radius 1 is 1.05 bits per heavy atom. The Kier molecular flexibility index (Phi) is 5.03. The first-order chi connectivity index (χ1) is 10.5. The molecule has 5 heteroatoms. The SMILES string of the molecule is O=C(C=Cc1ccc(F)cc1)NCc1ccc(C(=O)O)cc1. The summed E-state index contributed by atoms with van der Waals surface area (Å²) in [6, 6.07) is 12.0. The smallest absolute Gasteiger partial charge is 0.335 e. The Morgan fingerprint density at radius 2 is 1.68 bits per heavy atom. The number of carboxylic acids is 1. The van der Waals surface area contributed by atoms with Crippen molar-refractivity contribution in [2.75, 3.05) is 0 Å². The van der Waals surface area contributed by atoms with Crippen molar-refractivity contribution in [3.8, 4) is 0 Å². The second-order valence-electron chi connectivity index (χ2n) is 4.60. The molecule has 0 heterocycles. The number of halogens is 1. The molecule has 0 saturated heterocycles.